The Hall–Kier alpha value is -1.49. The van der Waals surface area contributed by atoms with Gasteiger partial charge in [0.25, 0.3) is 0 Å². The molecular weight excluding hydrogens is 288 g/mol. The first kappa shape index (κ1) is 17.6. The fraction of sp³-hybridized carbons (Fsp3) is 0.500. The van der Waals surface area contributed by atoms with E-state index in [-0.39, 0.29) is 18.4 Å². The molecule has 1 aromatic rings. The van der Waals surface area contributed by atoms with Gasteiger partial charge in [0.15, 0.2) is 0 Å². The van der Waals surface area contributed by atoms with Gasteiger partial charge in [-0.05, 0) is 32.9 Å². The van der Waals surface area contributed by atoms with Crippen LogP contribution in [0.1, 0.15) is 27.2 Å². The summed E-state index contributed by atoms with van der Waals surface area (Å²) in [5.41, 5.74) is -0.551. The molecule has 0 aromatic heterocycles. The van der Waals surface area contributed by atoms with Crippen molar-refractivity contribution in [2.45, 2.75) is 37.7 Å². The summed E-state index contributed by atoms with van der Waals surface area (Å²) in [6.07, 6.45) is 0.0315. The minimum atomic E-state index is -0.551. The summed E-state index contributed by atoms with van der Waals surface area (Å²) in [6, 6.07) is 9.73. The highest BCUT2D eigenvalue weighted by Gasteiger charge is 2.26. The number of methoxy groups -OCH3 is 1. The Morgan fingerprint density at radius 2 is 1.81 bits per heavy atom. The zero-order chi connectivity index (χ0) is 15.9. The van der Waals surface area contributed by atoms with Crippen LogP contribution in [0.15, 0.2) is 35.2 Å². The van der Waals surface area contributed by atoms with Crippen LogP contribution >= 0.6 is 11.8 Å². The first-order valence-electron chi connectivity index (χ1n) is 6.79. The topological polar surface area (TPSA) is 52.6 Å². The van der Waals surface area contributed by atoms with Crippen molar-refractivity contribution in [3.05, 3.63) is 30.3 Å². The molecule has 4 nitrogen and oxygen atoms in total. The van der Waals surface area contributed by atoms with E-state index in [0.29, 0.717) is 5.75 Å². The molecule has 0 aliphatic rings. The van der Waals surface area contributed by atoms with Crippen LogP contribution in [0.25, 0.3) is 0 Å². The summed E-state index contributed by atoms with van der Waals surface area (Å²) in [5.74, 6) is -0.790. The molecule has 1 rings (SSSR count). The molecule has 0 aliphatic carbocycles. The van der Waals surface area contributed by atoms with E-state index < -0.39 is 11.5 Å². The van der Waals surface area contributed by atoms with Crippen molar-refractivity contribution in [2.24, 2.45) is 5.92 Å². The van der Waals surface area contributed by atoms with Crippen molar-refractivity contribution in [1.82, 2.24) is 0 Å². The molecule has 0 unspecified atom stereocenters. The molecule has 1 aromatic carbocycles. The Labute approximate surface area is 130 Å². The van der Waals surface area contributed by atoms with Crippen LogP contribution in [0.2, 0.25) is 0 Å². The number of esters is 2. The van der Waals surface area contributed by atoms with Gasteiger partial charge in [-0.25, -0.2) is 0 Å². The third-order valence-electron chi connectivity index (χ3n) is 2.56. The molecule has 0 heterocycles. The Bertz CT molecular complexity index is 465. The fourth-order valence-corrected chi connectivity index (χ4v) is 2.67. The van der Waals surface area contributed by atoms with Crippen molar-refractivity contribution >= 4 is 23.7 Å². The van der Waals surface area contributed by atoms with Crippen molar-refractivity contribution in [1.29, 1.82) is 0 Å². The summed E-state index contributed by atoms with van der Waals surface area (Å²) < 4.78 is 10.0. The van der Waals surface area contributed by atoms with E-state index in [1.807, 2.05) is 30.3 Å². The van der Waals surface area contributed by atoms with Gasteiger partial charge in [-0.1, -0.05) is 18.2 Å². The zero-order valence-corrected chi connectivity index (χ0v) is 13.7. The zero-order valence-electron chi connectivity index (χ0n) is 12.9. The standard InChI is InChI=1S/C16H22O4S/c1-16(2,3)20-14(17)10-12(15(18)19-4)11-21-13-8-6-5-7-9-13/h5-9,12H,10-11H2,1-4H3/t12-/m0/s1. The van der Waals surface area contributed by atoms with E-state index in [0.717, 1.165) is 4.90 Å². The van der Waals surface area contributed by atoms with Gasteiger partial charge in [0.2, 0.25) is 0 Å². The summed E-state index contributed by atoms with van der Waals surface area (Å²) >= 11 is 1.52. The Morgan fingerprint density at radius 3 is 2.33 bits per heavy atom. The highest BCUT2D eigenvalue weighted by atomic mass is 32.2. The van der Waals surface area contributed by atoms with Gasteiger partial charge >= 0.3 is 11.9 Å². The average Bonchev–Trinajstić information content (AvgIpc) is 2.41. The largest absolute Gasteiger partial charge is 0.469 e. The Morgan fingerprint density at radius 1 is 1.19 bits per heavy atom. The average molecular weight is 310 g/mol. The maximum Gasteiger partial charge on any atom is 0.310 e. The number of carbonyl (C=O) groups is 2. The minimum absolute atomic E-state index is 0.0315. The maximum absolute atomic E-state index is 11.9. The van der Waals surface area contributed by atoms with Crippen LogP contribution in [-0.2, 0) is 19.1 Å². The summed E-state index contributed by atoms with van der Waals surface area (Å²) in [4.78, 5) is 24.7. The second-order valence-corrected chi connectivity index (χ2v) is 6.73. The molecule has 0 saturated carbocycles. The van der Waals surface area contributed by atoms with Gasteiger partial charge in [0.05, 0.1) is 19.4 Å². The summed E-state index contributed by atoms with van der Waals surface area (Å²) in [5, 5.41) is 0. The SMILES string of the molecule is COC(=O)[C@H](CSc1ccccc1)CC(=O)OC(C)(C)C. The van der Waals surface area contributed by atoms with E-state index in [9.17, 15) is 9.59 Å². The molecule has 1 atom stereocenters. The molecular formula is C16H22O4S. The summed E-state index contributed by atoms with van der Waals surface area (Å²) in [6.45, 7) is 5.41. The van der Waals surface area contributed by atoms with Crippen LogP contribution in [0.4, 0.5) is 0 Å². The molecule has 116 valence electrons. The molecule has 0 spiro atoms. The smallest absolute Gasteiger partial charge is 0.310 e. The molecule has 0 N–H and O–H groups in total. The van der Waals surface area contributed by atoms with Gasteiger partial charge in [-0.15, -0.1) is 11.8 Å². The lowest BCUT2D eigenvalue weighted by Gasteiger charge is -2.21. The maximum atomic E-state index is 11.9. The predicted molar refractivity (Wildman–Crippen MR) is 83.1 cm³/mol. The van der Waals surface area contributed by atoms with Crippen LogP contribution < -0.4 is 0 Å². The normalized spacial score (nSPS) is 12.6. The second-order valence-electron chi connectivity index (χ2n) is 5.63. The van der Waals surface area contributed by atoms with E-state index in [2.05, 4.69) is 0 Å². The third kappa shape index (κ3) is 7.18. The highest BCUT2D eigenvalue weighted by molar-refractivity contribution is 7.99. The molecule has 0 saturated heterocycles. The van der Waals surface area contributed by atoms with Gasteiger partial charge in [-0.3, -0.25) is 9.59 Å². The molecule has 0 amide bonds. The number of rotatable bonds is 6. The van der Waals surface area contributed by atoms with Gasteiger partial charge in [-0.2, -0.15) is 0 Å². The van der Waals surface area contributed by atoms with Gasteiger partial charge < -0.3 is 9.47 Å². The Balaban J connectivity index is 2.60. The molecule has 5 heteroatoms. The van der Waals surface area contributed by atoms with Crippen molar-refractivity contribution < 1.29 is 19.1 Å². The number of ether oxygens (including phenoxy) is 2. The molecule has 0 bridgehead atoms. The van der Waals surface area contributed by atoms with Crippen LogP contribution in [0.3, 0.4) is 0 Å². The van der Waals surface area contributed by atoms with Gasteiger partial charge in [0.1, 0.15) is 5.60 Å². The highest BCUT2D eigenvalue weighted by Crippen LogP contribution is 2.23. The predicted octanol–water partition coefficient (Wildman–Crippen LogP) is 3.30. The first-order chi connectivity index (χ1) is 9.81. The summed E-state index contributed by atoms with van der Waals surface area (Å²) in [7, 11) is 1.33. The van der Waals surface area contributed by atoms with E-state index in [1.54, 1.807) is 20.8 Å². The van der Waals surface area contributed by atoms with Crippen molar-refractivity contribution in [3.8, 4) is 0 Å². The van der Waals surface area contributed by atoms with Crippen LogP contribution in [0, 0.1) is 5.92 Å². The number of benzene rings is 1. The quantitative estimate of drug-likeness (QED) is 0.596. The van der Waals surface area contributed by atoms with Crippen LogP contribution in [0.5, 0.6) is 0 Å². The number of carbonyl (C=O) groups excluding carboxylic acids is 2. The lowest BCUT2D eigenvalue weighted by atomic mass is 10.1. The lowest BCUT2D eigenvalue weighted by molar-refractivity contribution is -0.160. The number of thioether (sulfide) groups is 1. The second kappa shape index (κ2) is 8.08. The number of hydrogen-bond acceptors (Lipinski definition) is 5. The number of hydrogen-bond donors (Lipinski definition) is 0. The molecule has 0 aliphatic heterocycles. The van der Waals surface area contributed by atoms with E-state index in [4.69, 9.17) is 9.47 Å². The molecule has 21 heavy (non-hydrogen) atoms. The van der Waals surface area contributed by atoms with E-state index in [1.165, 1.54) is 18.9 Å². The fourth-order valence-electron chi connectivity index (χ4n) is 1.67. The molecule has 0 fully saturated rings. The van der Waals surface area contributed by atoms with Gasteiger partial charge in [0, 0.05) is 10.6 Å². The lowest BCUT2D eigenvalue weighted by Crippen LogP contribution is -2.28. The van der Waals surface area contributed by atoms with Crippen molar-refractivity contribution in [3.63, 3.8) is 0 Å². The Kier molecular flexibility index (Phi) is 6.75. The first-order valence-corrected chi connectivity index (χ1v) is 7.78. The third-order valence-corrected chi connectivity index (χ3v) is 3.74. The van der Waals surface area contributed by atoms with E-state index >= 15 is 0 Å². The monoisotopic (exact) mass is 310 g/mol. The van der Waals surface area contributed by atoms with Crippen molar-refractivity contribution in [2.75, 3.05) is 12.9 Å². The molecule has 0 radical (unpaired) electrons. The minimum Gasteiger partial charge on any atom is -0.469 e. The van der Waals surface area contributed by atoms with Crippen LogP contribution in [-0.4, -0.2) is 30.4 Å².